The summed E-state index contributed by atoms with van der Waals surface area (Å²) in [6.07, 6.45) is 3.21. The maximum absolute atomic E-state index is 14.6. The number of ether oxygens (including phenoxy) is 1. The highest BCUT2D eigenvalue weighted by Gasteiger charge is 2.31. The van der Waals surface area contributed by atoms with Gasteiger partial charge in [0.15, 0.2) is 0 Å². The van der Waals surface area contributed by atoms with Crippen molar-refractivity contribution >= 4 is 22.7 Å². The van der Waals surface area contributed by atoms with Crippen molar-refractivity contribution in [1.82, 2.24) is 10.3 Å². The Kier molecular flexibility index (Phi) is 5.62. The van der Waals surface area contributed by atoms with Gasteiger partial charge in [-0.05, 0) is 61.4 Å². The van der Waals surface area contributed by atoms with Crippen LogP contribution < -0.4 is 11.1 Å². The maximum Gasteiger partial charge on any atom is 0.250 e. The number of H-pyrrole nitrogens is 1. The lowest BCUT2D eigenvalue weighted by Crippen LogP contribution is -2.43. The molecular formula is C25H25F2N3O3. The molecule has 33 heavy (non-hydrogen) atoms. The second-order valence-electron chi connectivity index (χ2n) is 8.79. The number of aryl methyl sites for hydroxylation is 1. The van der Waals surface area contributed by atoms with Crippen LogP contribution in [-0.4, -0.2) is 36.1 Å². The number of benzene rings is 2. The van der Waals surface area contributed by atoms with Gasteiger partial charge in [-0.3, -0.25) is 9.59 Å². The van der Waals surface area contributed by atoms with Crippen LogP contribution in [0.5, 0.6) is 0 Å². The summed E-state index contributed by atoms with van der Waals surface area (Å²) in [5.74, 6) is -2.21. The number of fused-ring (bicyclic) bond motifs is 3. The number of primary amides is 1. The van der Waals surface area contributed by atoms with Crippen molar-refractivity contribution in [3.8, 4) is 11.1 Å². The van der Waals surface area contributed by atoms with E-state index in [2.05, 4.69) is 10.3 Å². The quantitative estimate of drug-likeness (QED) is 0.563. The summed E-state index contributed by atoms with van der Waals surface area (Å²) >= 11 is 0. The third-order valence-corrected chi connectivity index (χ3v) is 6.78. The number of aromatic nitrogens is 1. The van der Waals surface area contributed by atoms with Crippen molar-refractivity contribution in [1.29, 1.82) is 0 Å². The summed E-state index contributed by atoms with van der Waals surface area (Å²) in [5, 5.41) is 3.72. The van der Waals surface area contributed by atoms with Crippen LogP contribution in [0.1, 0.15) is 40.9 Å². The number of nitrogens with two attached hydrogens (primary N) is 1. The van der Waals surface area contributed by atoms with Crippen molar-refractivity contribution in [3.63, 3.8) is 0 Å². The van der Waals surface area contributed by atoms with Crippen LogP contribution in [0.3, 0.4) is 0 Å². The Morgan fingerprint density at radius 1 is 1.06 bits per heavy atom. The number of carbonyl (C=O) groups is 2. The highest BCUT2D eigenvalue weighted by Crippen LogP contribution is 2.40. The molecule has 1 aromatic heterocycles. The van der Waals surface area contributed by atoms with Gasteiger partial charge in [-0.1, -0.05) is 12.1 Å². The van der Waals surface area contributed by atoms with E-state index in [4.69, 9.17) is 10.5 Å². The number of nitrogens with one attached hydrogen (secondary N) is 2. The Hall–Kier alpha value is -3.26. The molecule has 4 N–H and O–H groups in total. The van der Waals surface area contributed by atoms with Crippen LogP contribution in [-0.2, 0) is 22.4 Å². The summed E-state index contributed by atoms with van der Waals surface area (Å²) in [5.41, 5.74) is 8.20. The molecule has 2 amide bonds. The second kappa shape index (κ2) is 8.59. The number of hydrogen-bond donors (Lipinski definition) is 3. The molecule has 172 valence electrons. The number of carbonyl (C=O) groups excluding carboxylic acids is 2. The Morgan fingerprint density at radius 3 is 2.48 bits per heavy atom. The van der Waals surface area contributed by atoms with E-state index in [0.717, 1.165) is 24.1 Å². The van der Waals surface area contributed by atoms with Crippen LogP contribution in [0.4, 0.5) is 8.78 Å². The summed E-state index contributed by atoms with van der Waals surface area (Å²) in [6.45, 7) is 1.29. The first-order valence-corrected chi connectivity index (χ1v) is 11.2. The molecule has 1 aliphatic carbocycles. The fourth-order valence-corrected chi connectivity index (χ4v) is 5.09. The first-order chi connectivity index (χ1) is 15.9. The normalized spacial score (nSPS) is 18.8. The smallest absolute Gasteiger partial charge is 0.250 e. The third kappa shape index (κ3) is 3.88. The van der Waals surface area contributed by atoms with Gasteiger partial charge < -0.3 is 20.8 Å². The zero-order valence-corrected chi connectivity index (χ0v) is 18.0. The lowest BCUT2D eigenvalue weighted by atomic mass is 9.84. The van der Waals surface area contributed by atoms with Crippen molar-refractivity contribution in [3.05, 3.63) is 58.8 Å². The molecule has 2 aromatic carbocycles. The lowest BCUT2D eigenvalue weighted by molar-refractivity contribution is -0.126. The van der Waals surface area contributed by atoms with Crippen LogP contribution >= 0.6 is 0 Å². The molecule has 0 bridgehead atoms. The highest BCUT2D eigenvalue weighted by molar-refractivity contribution is 6.11. The molecule has 5 rings (SSSR count). The molecule has 3 aromatic rings. The van der Waals surface area contributed by atoms with E-state index < -0.39 is 17.5 Å². The van der Waals surface area contributed by atoms with Gasteiger partial charge in [-0.25, -0.2) is 8.78 Å². The number of aromatic amines is 1. The Morgan fingerprint density at radius 2 is 1.79 bits per heavy atom. The number of halogens is 2. The van der Waals surface area contributed by atoms with Crippen LogP contribution in [0, 0.1) is 17.6 Å². The Balaban J connectivity index is 1.55. The largest absolute Gasteiger partial charge is 0.381 e. The molecule has 0 saturated carbocycles. The number of rotatable bonds is 4. The van der Waals surface area contributed by atoms with Gasteiger partial charge in [0, 0.05) is 36.3 Å². The van der Waals surface area contributed by atoms with Crippen LogP contribution in [0.25, 0.3) is 22.0 Å². The summed E-state index contributed by atoms with van der Waals surface area (Å²) in [4.78, 5) is 28.2. The van der Waals surface area contributed by atoms with E-state index in [1.807, 2.05) is 0 Å². The lowest BCUT2D eigenvalue weighted by Gasteiger charge is -2.27. The predicted octanol–water partition coefficient (Wildman–Crippen LogP) is 3.61. The molecular weight excluding hydrogens is 428 g/mol. The van der Waals surface area contributed by atoms with E-state index >= 15 is 0 Å². The third-order valence-electron chi connectivity index (χ3n) is 6.78. The minimum Gasteiger partial charge on any atom is -0.381 e. The molecule has 1 aliphatic heterocycles. The van der Waals surface area contributed by atoms with Gasteiger partial charge in [0.25, 0.3) is 5.91 Å². The summed E-state index contributed by atoms with van der Waals surface area (Å²) in [7, 11) is 0. The van der Waals surface area contributed by atoms with E-state index in [1.54, 1.807) is 6.07 Å². The molecule has 0 spiro atoms. The molecule has 2 heterocycles. The van der Waals surface area contributed by atoms with Crippen molar-refractivity contribution < 1.29 is 23.1 Å². The van der Waals surface area contributed by atoms with E-state index in [9.17, 15) is 18.4 Å². The minimum absolute atomic E-state index is 0.00158. The second-order valence-corrected chi connectivity index (χ2v) is 8.79. The summed E-state index contributed by atoms with van der Waals surface area (Å²) < 4.78 is 34.7. The molecule has 1 atom stereocenters. The Labute approximate surface area is 189 Å². The van der Waals surface area contributed by atoms with Gasteiger partial charge in [0.2, 0.25) is 5.91 Å². The molecule has 8 heteroatoms. The molecule has 1 fully saturated rings. The van der Waals surface area contributed by atoms with Crippen molar-refractivity contribution in [2.75, 3.05) is 13.2 Å². The molecule has 0 radical (unpaired) electrons. The molecule has 1 saturated heterocycles. The zero-order chi connectivity index (χ0) is 23.1. The molecule has 6 nitrogen and oxygen atoms in total. The SMILES string of the molecule is NC(=O)c1ccc(-c2c(F)cccc2F)c2c3c([nH]c12)CC(C(=O)NC1CCOCC1)CC3. The average Bonchev–Trinajstić information content (AvgIpc) is 3.18. The van der Waals surface area contributed by atoms with Crippen molar-refractivity contribution in [2.24, 2.45) is 11.7 Å². The van der Waals surface area contributed by atoms with E-state index in [1.165, 1.54) is 24.3 Å². The maximum atomic E-state index is 14.6. The van der Waals surface area contributed by atoms with Gasteiger partial charge in [0.05, 0.1) is 16.6 Å². The molecule has 2 aliphatic rings. The highest BCUT2D eigenvalue weighted by atomic mass is 19.1. The minimum atomic E-state index is -0.678. The van der Waals surface area contributed by atoms with Crippen LogP contribution in [0.15, 0.2) is 30.3 Å². The Bertz CT molecular complexity index is 1230. The van der Waals surface area contributed by atoms with Crippen LogP contribution in [0.2, 0.25) is 0 Å². The fourth-order valence-electron chi connectivity index (χ4n) is 5.09. The zero-order valence-electron chi connectivity index (χ0n) is 18.0. The fraction of sp³-hybridized carbons (Fsp3) is 0.360. The predicted molar refractivity (Wildman–Crippen MR) is 120 cm³/mol. The first-order valence-electron chi connectivity index (χ1n) is 11.2. The summed E-state index contributed by atoms with van der Waals surface area (Å²) in [6, 6.07) is 6.89. The van der Waals surface area contributed by atoms with Gasteiger partial charge >= 0.3 is 0 Å². The first kappa shape index (κ1) is 21.6. The average molecular weight is 453 g/mol. The van der Waals surface area contributed by atoms with Gasteiger partial charge in [0.1, 0.15) is 11.6 Å². The van der Waals surface area contributed by atoms with Gasteiger partial charge in [-0.2, -0.15) is 0 Å². The standard InChI is InChI=1S/C25H25F2N3O3/c26-18-2-1-3-19(27)22(18)16-6-7-17(24(28)31)23-21(16)15-5-4-13(12-20(15)30-23)25(32)29-14-8-10-33-11-9-14/h1-3,6-7,13-14,30H,4-5,8-12H2,(H2,28,31)(H,29,32). The van der Waals surface area contributed by atoms with Gasteiger partial charge in [-0.15, -0.1) is 0 Å². The number of amides is 2. The van der Waals surface area contributed by atoms with E-state index in [-0.39, 0.29) is 29.0 Å². The monoisotopic (exact) mass is 453 g/mol. The molecule has 1 unspecified atom stereocenters. The topological polar surface area (TPSA) is 97.2 Å². The van der Waals surface area contributed by atoms with E-state index in [0.29, 0.717) is 48.9 Å². The van der Waals surface area contributed by atoms with Crippen molar-refractivity contribution in [2.45, 2.75) is 38.1 Å². The number of hydrogen-bond acceptors (Lipinski definition) is 3.